The summed E-state index contributed by atoms with van der Waals surface area (Å²) in [6.45, 7) is 0. The molecular weight excluding hydrogens is 787 g/mol. The molecule has 0 bridgehead atoms. The van der Waals surface area contributed by atoms with E-state index in [1.54, 1.807) is 0 Å². The van der Waals surface area contributed by atoms with E-state index in [1.807, 2.05) is 0 Å². The summed E-state index contributed by atoms with van der Waals surface area (Å²) < 4.78 is 2.42. The molecule has 0 amide bonds. The summed E-state index contributed by atoms with van der Waals surface area (Å²) in [6, 6.07) is 81.0. The summed E-state index contributed by atoms with van der Waals surface area (Å²) in [6.07, 6.45) is 4.60. The van der Waals surface area contributed by atoms with Crippen molar-refractivity contribution in [3.05, 3.63) is 229 Å². The Morgan fingerprint density at radius 1 is 0.323 bits per heavy atom. The smallest absolute Gasteiger partial charge is 0.0542 e. The number of benzene rings is 12. The summed E-state index contributed by atoms with van der Waals surface area (Å²) in [5, 5.41) is 16.8. The molecule has 1 heterocycles. The van der Waals surface area contributed by atoms with Crippen LogP contribution in [0, 0.1) is 0 Å². The van der Waals surface area contributed by atoms with Crippen molar-refractivity contribution in [1.82, 2.24) is 4.57 Å². The van der Waals surface area contributed by atoms with Crippen LogP contribution in [0.25, 0.3) is 87.4 Å². The molecule has 3 heteroatoms. The number of anilines is 6. The van der Waals surface area contributed by atoms with Gasteiger partial charge in [0.15, 0.2) is 0 Å². The van der Waals surface area contributed by atoms with E-state index < -0.39 is 0 Å². The Bertz CT molecular complexity index is 3980. The van der Waals surface area contributed by atoms with Gasteiger partial charge in [0.25, 0.3) is 0 Å². The molecule has 0 saturated carbocycles. The van der Waals surface area contributed by atoms with E-state index in [4.69, 9.17) is 0 Å². The van der Waals surface area contributed by atoms with Crippen LogP contribution in [-0.4, -0.2) is 4.57 Å². The second-order valence-electron chi connectivity index (χ2n) is 17.7. The van der Waals surface area contributed by atoms with Crippen molar-refractivity contribution in [2.75, 3.05) is 9.80 Å². The summed E-state index contributed by atoms with van der Waals surface area (Å²) in [5.41, 5.74) is 11.6. The van der Waals surface area contributed by atoms with E-state index in [2.05, 4.69) is 239 Å². The van der Waals surface area contributed by atoms with Gasteiger partial charge in [0.2, 0.25) is 0 Å². The van der Waals surface area contributed by atoms with Gasteiger partial charge in [-0.1, -0.05) is 127 Å². The van der Waals surface area contributed by atoms with Gasteiger partial charge in [-0.05, 0) is 175 Å². The lowest BCUT2D eigenvalue weighted by molar-refractivity contribution is 1.04. The Morgan fingerprint density at radius 2 is 0.785 bits per heavy atom. The minimum absolute atomic E-state index is 1.10. The van der Waals surface area contributed by atoms with Crippen LogP contribution < -0.4 is 15.0 Å². The fourth-order valence-corrected chi connectivity index (χ4v) is 11.2. The number of aryl methyl sites for hydroxylation is 1. The van der Waals surface area contributed by atoms with E-state index in [9.17, 15) is 0 Å². The summed E-state index contributed by atoms with van der Waals surface area (Å²) in [5.74, 6) is 0. The molecule has 13 aromatic rings. The van der Waals surface area contributed by atoms with Gasteiger partial charge < -0.3 is 14.4 Å². The molecule has 12 aromatic carbocycles. The van der Waals surface area contributed by atoms with Gasteiger partial charge in [-0.25, -0.2) is 0 Å². The highest BCUT2D eigenvalue weighted by atomic mass is 15.1. The number of nitrogens with zero attached hydrogens (tertiary/aromatic N) is 3. The van der Waals surface area contributed by atoms with Gasteiger partial charge >= 0.3 is 0 Å². The summed E-state index contributed by atoms with van der Waals surface area (Å²) in [4.78, 5) is 4.86. The molecule has 1 aliphatic carbocycles. The van der Waals surface area contributed by atoms with E-state index in [-0.39, 0.29) is 0 Å². The lowest BCUT2D eigenvalue weighted by atomic mass is 9.89. The Balaban J connectivity index is 1.000. The van der Waals surface area contributed by atoms with Gasteiger partial charge in [0.1, 0.15) is 0 Å². The van der Waals surface area contributed by atoms with E-state index in [0.717, 1.165) is 63.7 Å². The SMILES string of the molecule is C1=c2ccc3cc(N(c4ccccc4)c4ccc5c(c4)c4cc(N(c6ccccc6)c6cc7ccc8cccc9ccc(c6)c7c89)ccc4n5-c4ccccc4)cc4ccc(c2c43)CC1. The molecule has 65 heavy (non-hydrogen) atoms. The van der Waals surface area contributed by atoms with Crippen LogP contribution in [0.1, 0.15) is 12.0 Å². The van der Waals surface area contributed by atoms with Crippen LogP contribution in [0.5, 0.6) is 0 Å². The van der Waals surface area contributed by atoms with Crippen molar-refractivity contribution >= 4 is 116 Å². The molecule has 0 aliphatic heterocycles. The molecule has 0 N–H and O–H groups in total. The van der Waals surface area contributed by atoms with Gasteiger partial charge in [-0.2, -0.15) is 0 Å². The average molecular weight is 828 g/mol. The van der Waals surface area contributed by atoms with Crippen LogP contribution in [0.3, 0.4) is 0 Å². The second kappa shape index (κ2) is 14.1. The van der Waals surface area contributed by atoms with E-state index >= 15 is 0 Å². The number of para-hydroxylation sites is 3. The van der Waals surface area contributed by atoms with Crippen molar-refractivity contribution in [1.29, 1.82) is 0 Å². The fourth-order valence-electron chi connectivity index (χ4n) is 11.2. The van der Waals surface area contributed by atoms with Crippen LogP contribution in [0.2, 0.25) is 0 Å². The van der Waals surface area contributed by atoms with E-state index in [1.165, 1.54) is 75.4 Å². The lowest BCUT2D eigenvalue weighted by Gasteiger charge is -2.27. The monoisotopic (exact) mass is 827 g/mol. The Morgan fingerprint density at radius 3 is 1.34 bits per heavy atom. The van der Waals surface area contributed by atoms with Gasteiger partial charge in [-0.15, -0.1) is 0 Å². The van der Waals surface area contributed by atoms with Crippen LogP contribution >= 0.6 is 0 Å². The third kappa shape index (κ3) is 5.55. The average Bonchev–Trinajstić information content (AvgIpc) is 3.69. The molecule has 0 saturated heterocycles. The maximum absolute atomic E-state index is 2.43. The molecule has 0 unspecified atom stereocenters. The summed E-state index contributed by atoms with van der Waals surface area (Å²) >= 11 is 0. The maximum Gasteiger partial charge on any atom is 0.0542 e. The van der Waals surface area contributed by atoms with Gasteiger partial charge in [-0.3, -0.25) is 0 Å². The first-order chi connectivity index (χ1) is 32.2. The molecule has 304 valence electrons. The fraction of sp³-hybridized carbons (Fsp3) is 0.0323. The zero-order valence-corrected chi connectivity index (χ0v) is 35.6. The molecule has 0 atom stereocenters. The highest BCUT2D eigenvalue weighted by Gasteiger charge is 2.22. The van der Waals surface area contributed by atoms with Gasteiger partial charge in [0, 0.05) is 50.6 Å². The van der Waals surface area contributed by atoms with Crippen molar-refractivity contribution < 1.29 is 0 Å². The Hall–Kier alpha value is -8.40. The third-order valence-electron chi connectivity index (χ3n) is 14.0. The molecule has 1 aromatic heterocycles. The quantitative estimate of drug-likeness (QED) is 0.148. The van der Waals surface area contributed by atoms with Crippen LogP contribution in [0.4, 0.5) is 34.1 Å². The molecule has 0 radical (unpaired) electrons. The predicted molar refractivity (Wildman–Crippen MR) is 277 cm³/mol. The topological polar surface area (TPSA) is 11.4 Å². The highest BCUT2D eigenvalue weighted by molar-refractivity contribution is 6.24. The number of aromatic nitrogens is 1. The van der Waals surface area contributed by atoms with Crippen molar-refractivity contribution in [3.63, 3.8) is 0 Å². The minimum Gasteiger partial charge on any atom is -0.310 e. The van der Waals surface area contributed by atoms with Crippen molar-refractivity contribution in [3.8, 4) is 5.69 Å². The van der Waals surface area contributed by atoms with E-state index in [0.29, 0.717) is 0 Å². The molecule has 14 rings (SSSR count). The maximum atomic E-state index is 2.43. The Labute approximate surface area is 376 Å². The largest absolute Gasteiger partial charge is 0.310 e. The number of fused-ring (bicyclic) bond motifs is 3. The zero-order valence-electron chi connectivity index (χ0n) is 35.6. The number of hydrogen-bond donors (Lipinski definition) is 0. The zero-order chi connectivity index (χ0) is 42.6. The molecule has 0 spiro atoms. The predicted octanol–water partition coefficient (Wildman–Crippen LogP) is 16.4. The second-order valence-corrected chi connectivity index (χ2v) is 17.7. The molecule has 3 nitrogen and oxygen atoms in total. The van der Waals surface area contributed by atoms with Crippen molar-refractivity contribution in [2.24, 2.45) is 0 Å². The minimum atomic E-state index is 1.10. The number of hydrogen-bond acceptors (Lipinski definition) is 2. The first kappa shape index (κ1) is 36.1. The standard InChI is InChI=1S/C62H41N3/c1-4-16-48(17-5-1)63(53-34-44-26-22-40-12-10-13-41-23-27-45(35-53)61(44)59(40)41)51-30-32-57-55(38-51)56-39-52(31-33-58(56)65(57)50-20-8-3-9-21-50)64(49-18-6-2-7-19-49)54-36-46-28-24-42-14-11-15-43-25-29-47(37-54)62(46)60(42)43/h1-10,12-14,16-39H,11,15H2. The molecule has 1 aliphatic rings. The number of rotatable bonds is 7. The summed E-state index contributed by atoms with van der Waals surface area (Å²) in [7, 11) is 0. The highest BCUT2D eigenvalue weighted by Crippen LogP contribution is 2.46. The normalized spacial score (nSPS) is 12.6. The first-order valence-corrected chi connectivity index (χ1v) is 22.7. The lowest BCUT2D eigenvalue weighted by Crippen LogP contribution is -2.12. The van der Waals surface area contributed by atoms with Crippen LogP contribution in [-0.2, 0) is 6.42 Å². The third-order valence-corrected chi connectivity index (χ3v) is 14.0. The van der Waals surface area contributed by atoms with Gasteiger partial charge in [0.05, 0.1) is 11.0 Å². The van der Waals surface area contributed by atoms with Crippen molar-refractivity contribution in [2.45, 2.75) is 12.8 Å². The van der Waals surface area contributed by atoms with Crippen LogP contribution in [0.15, 0.2) is 218 Å². The molecule has 0 fully saturated rings. The molecular formula is C62H41N3. The Kier molecular flexibility index (Phi) is 7.81. The first-order valence-electron chi connectivity index (χ1n) is 22.7.